The van der Waals surface area contributed by atoms with Crippen molar-refractivity contribution >= 4 is 61.5 Å². The van der Waals surface area contributed by atoms with Gasteiger partial charge in [0.25, 0.3) is 0 Å². The van der Waals surface area contributed by atoms with E-state index in [0.717, 1.165) is 40.6 Å². The lowest BCUT2D eigenvalue weighted by atomic mass is 10.0. The van der Waals surface area contributed by atoms with Gasteiger partial charge in [0, 0.05) is 25.2 Å². The molecule has 0 aliphatic rings. The van der Waals surface area contributed by atoms with E-state index in [2.05, 4.69) is 55.7 Å². The molecule has 0 radical (unpaired) electrons. The Labute approximate surface area is 244 Å². The fraction of sp³-hybridized carbons (Fsp3) is 0.192. The van der Waals surface area contributed by atoms with Crippen LogP contribution in [0.25, 0.3) is 0 Å². The molecule has 0 fully saturated rings. The molecule has 0 saturated heterocycles. The van der Waals surface area contributed by atoms with Gasteiger partial charge in [-0.1, -0.05) is 48.9 Å². The van der Waals surface area contributed by atoms with E-state index in [1.807, 2.05) is 0 Å². The third-order valence-corrected chi connectivity index (χ3v) is 6.05. The molecular formula is C26H23Br2O12+. The Morgan fingerprint density at radius 3 is 1.57 bits per heavy atom. The van der Waals surface area contributed by atoms with Gasteiger partial charge < -0.3 is 18.9 Å². The van der Waals surface area contributed by atoms with Crippen molar-refractivity contribution in [2.45, 2.75) is 5.79 Å². The molecule has 1 N–H and O–H groups in total. The molecule has 0 amide bonds. The summed E-state index contributed by atoms with van der Waals surface area (Å²) >= 11 is 6.58. The number of allylic oxidation sites excluding steroid dienone is 1. The van der Waals surface area contributed by atoms with Crippen LogP contribution in [0.1, 0.15) is 15.7 Å². The van der Waals surface area contributed by atoms with Crippen molar-refractivity contribution in [1.82, 2.24) is 0 Å². The van der Waals surface area contributed by atoms with Crippen LogP contribution in [0, 0.1) is 0 Å². The highest BCUT2D eigenvalue weighted by Crippen LogP contribution is 2.32. The number of esters is 4. The maximum Gasteiger partial charge on any atom is 0.441 e. The van der Waals surface area contributed by atoms with E-state index in [4.69, 9.17) is 9.46 Å². The standard InChI is InChI=1S/C26H22Br2O12/c1-34-22(29)19(23(30)35-2)13-21(15-5-9-17(27)10-6-15)38-40-26(39-33,16-7-11-18(28)12-8-16)14-20(24(31)36-3)25(32)37-4/h5-14H,1-4H3/p+1. The van der Waals surface area contributed by atoms with Crippen molar-refractivity contribution < 1.29 is 57.7 Å². The molecular weight excluding hydrogens is 664 g/mol. The molecule has 40 heavy (non-hydrogen) atoms. The molecule has 1 atom stereocenters. The predicted molar refractivity (Wildman–Crippen MR) is 143 cm³/mol. The lowest BCUT2D eigenvalue weighted by Gasteiger charge is -2.19. The molecule has 0 aromatic heterocycles. The zero-order chi connectivity index (χ0) is 29.9. The van der Waals surface area contributed by atoms with Crippen LogP contribution in [0.3, 0.4) is 0 Å². The minimum absolute atomic E-state index is 0.0174. The minimum Gasteiger partial charge on any atom is -0.465 e. The molecule has 1 unspecified atom stereocenters. The fourth-order valence-electron chi connectivity index (χ4n) is 2.97. The summed E-state index contributed by atoms with van der Waals surface area (Å²) in [7, 11) is 4.14. The summed E-state index contributed by atoms with van der Waals surface area (Å²) in [4.78, 5) is 59.6. The van der Waals surface area contributed by atoms with E-state index in [1.54, 1.807) is 24.3 Å². The molecule has 2 aromatic carbocycles. The van der Waals surface area contributed by atoms with E-state index < -0.39 is 40.8 Å². The van der Waals surface area contributed by atoms with Gasteiger partial charge in [0.05, 0.1) is 40.1 Å². The zero-order valence-electron chi connectivity index (χ0n) is 21.5. The minimum atomic E-state index is -2.51. The van der Waals surface area contributed by atoms with Gasteiger partial charge in [0.15, 0.2) is 5.57 Å². The van der Waals surface area contributed by atoms with Crippen LogP contribution in [0.15, 0.2) is 80.8 Å². The molecule has 12 nitrogen and oxygen atoms in total. The summed E-state index contributed by atoms with van der Waals surface area (Å²) in [5, 5.41) is 10.1. The normalized spacial score (nSPS) is 12.2. The average molecular weight is 687 g/mol. The Hall–Kier alpha value is -3.85. The number of rotatable bonds is 11. The second kappa shape index (κ2) is 15.1. The van der Waals surface area contributed by atoms with Gasteiger partial charge in [-0.05, 0) is 36.4 Å². The van der Waals surface area contributed by atoms with Crippen molar-refractivity contribution in [3.63, 3.8) is 0 Å². The highest BCUT2D eigenvalue weighted by molar-refractivity contribution is 9.10. The lowest BCUT2D eigenvalue weighted by Crippen LogP contribution is -2.32. The maximum atomic E-state index is 12.4. The number of methoxy groups -OCH3 is 4. The predicted octanol–water partition coefficient (Wildman–Crippen LogP) is 3.75. The second-order valence-electron chi connectivity index (χ2n) is 7.39. The monoisotopic (exact) mass is 685 g/mol. The number of ketones is 1. The zero-order valence-corrected chi connectivity index (χ0v) is 24.6. The number of benzene rings is 2. The molecule has 0 heterocycles. The first-order valence-electron chi connectivity index (χ1n) is 10.9. The second-order valence-corrected chi connectivity index (χ2v) is 9.22. The van der Waals surface area contributed by atoms with E-state index in [9.17, 15) is 24.4 Å². The van der Waals surface area contributed by atoms with Crippen LogP contribution >= 0.6 is 31.9 Å². The molecule has 0 aliphatic heterocycles. The molecule has 2 aromatic rings. The Morgan fingerprint density at radius 2 is 1.15 bits per heavy atom. The largest absolute Gasteiger partial charge is 0.465 e. The highest BCUT2D eigenvalue weighted by atomic mass is 79.9. The molecule has 212 valence electrons. The van der Waals surface area contributed by atoms with Gasteiger partial charge in [-0.25, -0.2) is 24.4 Å². The van der Waals surface area contributed by atoms with Crippen molar-refractivity contribution in [2.24, 2.45) is 0 Å². The summed E-state index contributed by atoms with van der Waals surface area (Å²) in [6.45, 7) is 0. The van der Waals surface area contributed by atoms with Gasteiger partial charge in [-0.15, -0.1) is 0 Å². The molecule has 0 saturated carbocycles. The number of ether oxygens (including phenoxy) is 4. The fourth-order valence-corrected chi connectivity index (χ4v) is 3.50. The summed E-state index contributed by atoms with van der Waals surface area (Å²) in [5.41, 5.74) is -1.02. The number of halogens is 2. The number of hydrogen-bond donors (Lipinski definition) is 1. The average Bonchev–Trinajstić information content (AvgIpc) is 2.98. The van der Waals surface area contributed by atoms with Gasteiger partial charge in [-0.2, -0.15) is 4.89 Å². The number of carbonyl (C=O) groups is 4. The SMILES string of the molecule is COC(=O)C(=CC(=[O+]OC(C=C(C(=O)OC)C(=O)OC)(OO)c1ccc(Br)cc1)c1ccc(Br)cc1)C(=O)OC. The Bertz CT molecular complexity index is 1290. The van der Waals surface area contributed by atoms with Crippen molar-refractivity contribution in [3.05, 3.63) is 91.9 Å². The first-order chi connectivity index (χ1) is 19.0. The third kappa shape index (κ3) is 8.08. The number of hydrogen-bond acceptors (Lipinski definition) is 11. The summed E-state index contributed by atoms with van der Waals surface area (Å²) in [6, 6.07) is 12.2. The van der Waals surface area contributed by atoms with E-state index in [-0.39, 0.29) is 16.9 Å². The maximum absolute atomic E-state index is 12.4. The smallest absolute Gasteiger partial charge is 0.441 e. The molecule has 0 spiro atoms. The molecule has 14 heteroatoms. The Balaban J connectivity index is 2.88. The first-order valence-corrected chi connectivity index (χ1v) is 12.5. The first kappa shape index (κ1) is 32.4. The van der Waals surface area contributed by atoms with Gasteiger partial charge in [-0.3, -0.25) is 0 Å². The Morgan fingerprint density at radius 1 is 0.725 bits per heavy atom. The summed E-state index contributed by atoms with van der Waals surface area (Å²) in [6.07, 6.45) is 1.73. The number of carbonyl (C=O) groups excluding carboxylic acids is 5. The molecule has 2 rings (SSSR count). The van der Waals surface area contributed by atoms with Crippen LogP contribution < -0.4 is 0 Å². The van der Waals surface area contributed by atoms with E-state index in [0.29, 0.717) is 8.95 Å². The van der Waals surface area contributed by atoms with E-state index in [1.165, 1.54) is 24.3 Å². The summed E-state index contributed by atoms with van der Waals surface area (Å²) in [5.74, 6) is -7.19. The van der Waals surface area contributed by atoms with Gasteiger partial charge >= 0.3 is 35.4 Å². The third-order valence-electron chi connectivity index (χ3n) is 5.00. The Kier molecular flexibility index (Phi) is 12.2. The van der Waals surface area contributed by atoms with Crippen LogP contribution in [-0.2, 0) is 53.7 Å². The van der Waals surface area contributed by atoms with Crippen LogP contribution in [0.5, 0.6) is 0 Å². The van der Waals surface area contributed by atoms with Crippen LogP contribution in [-0.4, -0.2) is 63.4 Å². The van der Waals surface area contributed by atoms with Crippen LogP contribution in [0.4, 0.5) is 0 Å². The summed E-state index contributed by atoms with van der Waals surface area (Å²) < 4.78 is 25.4. The van der Waals surface area contributed by atoms with Crippen molar-refractivity contribution in [2.75, 3.05) is 28.4 Å². The van der Waals surface area contributed by atoms with Crippen molar-refractivity contribution in [1.29, 1.82) is 0 Å². The quantitative estimate of drug-likeness (QED) is 0.0351. The van der Waals surface area contributed by atoms with Gasteiger partial charge in [0.2, 0.25) is 0 Å². The van der Waals surface area contributed by atoms with E-state index >= 15 is 0 Å². The topological polar surface area (TPSA) is 155 Å². The lowest BCUT2D eigenvalue weighted by molar-refractivity contribution is -0.686. The molecule has 0 aliphatic carbocycles. The highest BCUT2D eigenvalue weighted by Gasteiger charge is 2.45. The van der Waals surface area contributed by atoms with Crippen LogP contribution in [0.2, 0.25) is 0 Å². The van der Waals surface area contributed by atoms with Crippen molar-refractivity contribution in [3.8, 4) is 0 Å². The molecule has 0 bridgehead atoms. The van der Waals surface area contributed by atoms with Gasteiger partial charge in [0.1, 0.15) is 5.57 Å².